The Bertz CT molecular complexity index is 213. The fraction of sp³-hybridized carbons (Fsp3) is 0.444. The van der Waals surface area contributed by atoms with Crippen LogP contribution in [0.1, 0.15) is 19.4 Å². The Kier molecular flexibility index (Phi) is 2.25. The Labute approximate surface area is 66.9 Å². The highest BCUT2D eigenvalue weighted by atomic mass is 16.3. The second-order valence-corrected chi connectivity index (χ2v) is 3.30. The molecule has 0 N–H and O–H groups in total. The van der Waals surface area contributed by atoms with Gasteiger partial charge in [0.1, 0.15) is 5.60 Å². The van der Waals surface area contributed by atoms with E-state index >= 15 is 0 Å². The first-order valence-electron chi connectivity index (χ1n) is 3.67. The summed E-state index contributed by atoms with van der Waals surface area (Å²) in [6.45, 7) is 3.36. The van der Waals surface area contributed by atoms with Crippen molar-refractivity contribution >= 4 is 0 Å². The maximum absolute atomic E-state index is 11.2. The molecule has 0 atom stereocenters. The first-order valence-corrected chi connectivity index (χ1v) is 3.67. The van der Waals surface area contributed by atoms with Crippen LogP contribution in [0.25, 0.3) is 0 Å². The molecule has 0 saturated heterocycles. The van der Waals surface area contributed by atoms with E-state index in [2.05, 4.69) is 4.98 Å². The van der Waals surface area contributed by atoms with Crippen LogP contribution in [0, 0.1) is 0 Å². The lowest BCUT2D eigenvalue weighted by Gasteiger charge is -2.12. The summed E-state index contributed by atoms with van der Waals surface area (Å²) >= 11 is 0. The average Bonchev–Trinajstić information content (AvgIpc) is 1.85. The van der Waals surface area contributed by atoms with Gasteiger partial charge < -0.3 is 0 Å². The van der Waals surface area contributed by atoms with Gasteiger partial charge in [-0.15, -0.1) is 0 Å². The zero-order chi connectivity index (χ0) is 8.32. The molecule has 11 heavy (non-hydrogen) atoms. The maximum atomic E-state index is 11.2. The molecule has 1 heterocycles. The van der Waals surface area contributed by atoms with Gasteiger partial charge >= 0.3 is 0 Å². The molecule has 59 valence electrons. The highest BCUT2D eigenvalue weighted by Gasteiger charge is 2.15. The van der Waals surface area contributed by atoms with Crippen LogP contribution in [0.3, 0.4) is 0 Å². The zero-order valence-electron chi connectivity index (χ0n) is 6.87. The number of aromatic nitrogens is 1. The summed E-state index contributed by atoms with van der Waals surface area (Å²) in [7, 11) is 0. The van der Waals surface area contributed by atoms with Crippen LogP contribution in [0.4, 0.5) is 0 Å². The topological polar surface area (TPSA) is 32.8 Å². The molecule has 1 aromatic rings. The van der Waals surface area contributed by atoms with Gasteiger partial charge in [0, 0.05) is 18.8 Å². The molecule has 0 bridgehead atoms. The quantitative estimate of drug-likeness (QED) is 0.633. The molecule has 2 heteroatoms. The van der Waals surface area contributed by atoms with Gasteiger partial charge in [-0.05, 0) is 25.5 Å². The Morgan fingerprint density at radius 3 is 2.73 bits per heavy atom. The van der Waals surface area contributed by atoms with Crippen molar-refractivity contribution < 1.29 is 5.11 Å². The normalized spacial score (nSPS) is 11.5. The molecular formula is C9H12NO. The third-order valence-corrected chi connectivity index (χ3v) is 1.35. The number of nitrogens with zero attached hydrogens (tertiary/aromatic N) is 1. The maximum Gasteiger partial charge on any atom is 0.102 e. The second-order valence-electron chi connectivity index (χ2n) is 3.30. The SMILES string of the molecule is CC(C)([O])Cc1cccnc1. The Hall–Kier alpha value is -0.890. The van der Waals surface area contributed by atoms with Crippen molar-refractivity contribution in [2.24, 2.45) is 0 Å². The summed E-state index contributed by atoms with van der Waals surface area (Å²) in [5.74, 6) is 0. The molecule has 0 aromatic carbocycles. The minimum Gasteiger partial charge on any atom is -0.264 e. The molecule has 0 amide bonds. The van der Waals surface area contributed by atoms with Crippen molar-refractivity contribution in [2.45, 2.75) is 25.9 Å². The van der Waals surface area contributed by atoms with Crippen LogP contribution in [0.15, 0.2) is 24.5 Å². The van der Waals surface area contributed by atoms with Crippen LogP contribution in [-0.2, 0) is 11.5 Å². The monoisotopic (exact) mass is 150 g/mol. The van der Waals surface area contributed by atoms with Gasteiger partial charge in [-0.25, -0.2) is 5.11 Å². The molecule has 0 spiro atoms. The van der Waals surface area contributed by atoms with E-state index in [1.807, 2.05) is 12.1 Å². The Balaban J connectivity index is 2.66. The van der Waals surface area contributed by atoms with Gasteiger partial charge in [-0.2, -0.15) is 0 Å². The molecule has 0 saturated carbocycles. The predicted octanol–water partition coefficient (Wildman–Crippen LogP) is 1.83. The number of hydrogen-bond donors (Lipinski definition) is 0. The molecule has 0 aliphatic heterocycles. The summed E-state index contributed by atoms with van der Waals surface area (Å²) in [6.07, 6.45) is 3.99. The fourth-order valence-corrected chi connectivity index (χ4v) is 0.994. The summed E-state index contributed by atoms with van der Waals surface area (Å²) < 4.78 is 0. The predicted molar refractivity (Wildman–Crippen MR) is 42.7 cm³/mol. The first-order chi connectivity index (χ1) is 5.08. The van der Waals surface area contributed by atoms with Crippen molar-refractivity contribution in [3.63, 3.8) is 0 Å². The van der Waals surface area contributed by atoms with Crippen molar-refractivity contribution in [2.75, 3.05) is 0 Å². The summed E-state index contributed by atoms with van der Waals surface area (Å²) in [5.41, 5.74) is 0.121. The molecule has 2 nitrogen and oxygen atoms in total. The standard InChI is InChI=1S/C9H12NO/c1-9(2,11)6-8-4-3-5-10-7-8/h3-5,7H,6H2,1-2H3. The van der Waals surface area contributed by atoms with E-state index in [-0.39, 0.29) is 0 Å². The highest BCUT2D eigenvalue weighted by molar-refractivity contribution is 5.10. The molecule has 0 aliphatic rings. The van der Waals surface area contributed by atoms with Gasteiger partial charge in [0.15, 0.2) is 0 Å². The van der Waals surface area contributed by atoms with E-state index in [0.29, 0.717) is 6.42 Å². The lowest BCUT2D eigenvalue weighted by Crippen LogP contribution is -2.19. The van der Waals surface area contributed by atoms with Gasteiger partial charge in [0.2, 0.25) is 0 Å². The van der Waals surface area contributed by atoms with Gasteiger partial charge in [-0.1, -0.05) is 6.07 Å². The van der Waals surface area contributed by atoms with Gasteiger partial charge in [0.05, 0.1) is 0 Å². The molecular weight excluding hydrogens is 138 g/mol. The number of pyridine rings is 1. The lowest BCUT2D eigenvalue weighted by atomic mass is 10.0. The van der Waals surface area contributed by atoms with Crippen LogP contribution in [0.5, 0.6) is 0 Å². The smallest absolute Gasteiger partial charge is 0.102 e. The van der Waals surface area contributed by atoms with Crippen molar-refractivity contribution in [1.82, 2.24) is 4.98 Å². The number of rotatable bonds is 2. The first kappa shape index (κ1) is 8.21. The molecule has 1 aromatic heterocycles. The van der Waals surface area contributed by atoms with Crippen LogP contribution < -0.4 is 0 Å². The molecule has 0 unspecified atom stereocenters. The van der Waals surface area contributed by atoms with E-state index in [4.69, 9.17) is 0 Å². The van der Waals surface area contributed by atoms with Gasteiger partial charge in [-0.3, -0.25) is 4.98 Å². The summed E-state index contributed by atoms with van der Waals surface area (Å²) in [6, 6.07) is 3.77. The van der Waals surface area contributed by atoms with Crippen molar-refractivity contribution in [3.05, 3.63) is 30.1 Å². The van der Waals surface area contributed by atoms with Crippen LogP contribution in [0.2, 0.25) is 0 Å². The van der Waals surface area contributed by atoms with Crippen molar-refractivity contribution in [1.29, 1.82) is 0 Å². The molecule has 1 radical (unpaired) electrons. The lowest BCUT2D eigenvalue weighted by molar-refractivity contribution is 0.00472. The van der Waals surface area contributed by atoms with E-state index in [9.17, 15) is 5.11 Å². The van der Waals surface area contributed by atoms with Crippen LogP contribution in [-0.4, -0.2) is 10.6 Å². The average molecular weight is 150 g/mol. The Morgan fingerprint density at radius 2 is 2.27 bits per heavy atom. The minimum absolute atomic E-state index is 0.542. The molecule has 1 rings (SSSR count). The number of hydrogen-bond acceptors (Lipinski definition) is 1. The van der Waals surface area contributed by atoms with Crippen molar-refractivity contribution in [3.8, 4) is 0 Å². The third-order valence-electron chi connectivity index (χ3n) is 1.35. The van der Waals surface area contributed by atoms with E-state index in [1.165, 1.54) is 0 Å². The fourth-order valence-electron chi connectivity index (χ4n) is 0.994. The minimum atomic E-state index is -0.886. The second kappa shape index (κ2) is 3.01. The largest absolute Gasteiger partial charge is 0.264 e. The molecule has 0 fully saturated rings. The van der Waals surface area contributed by atoms with E-state index in [1.54, 1.807) is 26.2 Å². The molecule has 0 aliphatic carbocycles. The van der Waals surface area contributed by atoms with Crippen LogP contribution >= 0.6 is 0 Å². The highest BCUT2D eigenvalue weighted by Crippen LogP contribution is 2.10. The summed E-state index contributed by atoms with van der Waals surface area (Å²) in [4.78, 5) is 3.93. The van der Waals surface area contributed by atoms with E-state index in [0.717, 1.165) is 5.56 Å². The van der Waals surface area contributed by atoms with E-state index < -0.39 is 5.60 Å². The zero-order valence-corrected chi connectivity index (χ0v) is 6.87. The third kappa shape index (κ3) is 3.14. The summed E-state index contributed by atoms with van der Waals surface area (Å²) in [5, 5.41) is 11.2. The Morgan fingerprint density at radius 1 is 1.55 bits per heavy atom. The van der Waals surface area contributed by atoms with Gasteiger partial charge in [0.25, 0.3) is 0 Å².